The molecule has 5 heterocycles. The van der Waals surface area contributed by atoms with Gasteiger partial charge < -0.3 is 43.1 Å². The van der Waals surface area contributed by atoms with E-state index in [2.05, 4.69) is 68.2 Å². The Morgan fingerprint density at radius 3 is 2.35 bits per heavy atom. The lowest BCUT2D eigenvalue weighted by Gasteiger charge is -2.28. The van der Waals surface area contributed by atoms with Crippen molar-refractivity contribution in [3.8, 4) is 29.9 Å². The molecule has 68 heavy (non-hydrogen) atoms. The minimum Gasteiger partial charge on any atom is -0.778 e. The number of urea groups is 1. The van der Waals surface area contributed by atoms with Crippen LogP contribution in [0.3, 0.4) is 0 Å². The van der Waals surface area contributed by atoms with Crippen molar-refractivity contribution >= 4 is 81.2 Å². The monoisotopic (exact) mass is 1030 g/mol. The highest BCUT2D eigenvalue weighted by Crippen LogP contribution is 2.37. The second-order valence-electron chi connectivity index (χ2n) is 15.4. The molecule has 2 aliphatic heterocycles. The number of carboxylic acids is 1. The summed E-state index contributed by atoms with van der Waals surface area (Å²) in [6, 6.07) is 5.66. The zero-order chi connectivity index (χ0) is 51.1. The Kier molecular flexibility index (Phi) is 20.4. The van der Waals surface area contributed by atoms with E-state index in [-0.39, 0.29) is 53.4 Å². The van der Waals surface area contributed by atoms with Gasteiger partial charge in [0.15, 0.2) is 17.5 Å². The van der Waals surface area contributed by atoms with Crippen molar-refractivity contribution in [2.45, 2.75) is 31.8 Å². The van der Waals surface area contributed by atoms with Gasteiger partial charge in [0, 0.05) is 50.9 Å². The molecule has 370 valence electrons. The molecule has 6 rings (SSSR count). The number of sulfonamides is 1. The number of amides is 4. The highest BCUT2D eigenvalue weighted by molar-refractivity contribution is 7.94. The van der Waals surface area contributed by atoms with Crippen LogP contribution in [0.4, 0.5) is 26.5 Å². The number of carbonyl (C=O) groups is 4. The fourth-order valence-electron chi connectivity index (χ4n) is 5.53. The SMILES string of the molecule is C#CCN1C(=O)COc2cc(F)c(N=c3snc4n3CC(C)(C)C4)cc21.COc1cc(OC)nc(NC(=O)NS(=O)(=O)c2ncccc2C(=O)N(C)C)n1.C[S+](C)C.O=C(O)CNCP(=O)([O-])O. The summed E-state index contributed by atoms with van der Waals surface area (Å²) in [5, 5.41) is 11.5. The number of terminal acetylenes is 1. The number of benzene rings is 1. The number of nitrogens with zero attached hydrogens (tertiary/aromatic N) is 8. The number of ether oxygens (including phenoxy) is 3. The van der Waals surface area contributed by atoms with Gasteiger partial charge in [0.2, 0.25) is 22.5 Å². The van der Waals surface area contributed by atoms with Gasteiger partial charge in [0.05, 0.1) is 69.7 Å². The number of aliphatic carboxylic acids is 1. The predicted octanol–water partition coefficient (Wildman–Crippen LogP) is 1.02. The number of hydrogen-bond donors (Lipinski definition) is 5. The summed E-state index contributed by atoms with van der Waals surface area (Å²) in [7, 11) is -2.56. The number of anilines is 2. The van der Waals surface area contributed by atoms with Gasteiger partial charge in [0.25, 0.3) is 21.8 Å². The Bertz CT molecular complexity index is 2720. The molecular weight excluding hydrogens is 977 g/mol. The van der Waals surface area contributed by atoms with Gasteiger partial charge in [-0.2, -0.15) is 22.8 Å². The van der Waals surface area contributed by atoms with Gasteiger partial charge in [-0.25, -0.2) is 23.9 Å². The molecule has 29 heteroatoms. The number of methoxy groups -OCH3 is 2. The molecule has 4 amide bonds. The Balaban J connectivity index is 0.000000283. The van der Waals surface area contributed by atoms with Crippen LogP contribution >= 0.6 is 19.1 Å². The van der Waals surface area contributed by atoms with Gasteiger partial charge >= 0.3 is 12.0 Å². The number of carboxylic acid groups (broad SMARTS) is 1. The lowest BCUT2D eigenvalue weighted by Crippen LogP contribution is -2.39. The molecule has 0 spiro atoms. The third-order valence-corrected chi connectivity index (χ3v) is 10.9. The lowest BCUT2D eigenvalue weighted by molar-refractivity contribution is -0.193. The van der Waals surface area contributed by atoms with Crippen LogP contribution in [0.15, 0.2) is 46.5 Å². The maximum atomic E-state index is 14.5. The quantitative estimate of drug-likeness (QED) is 0.0751. The summed E-state index contributed by atoms with van der Waals surface area (Å²) in [5.41, 5.74) is 0.490. The van der Waals surface area contributed by atoms with Crippen molar-refractivity contribution < 1.29 is 65.7 Å². The Morgan fingerprint density at radius 2 is 1.79 bits per heavy atom. The first kappa shape index (κ1) is 56.1. The van der Waals surface area contributed by atoms with Crippen molar-refractivity contribution in [2.75, 3.05) is 83.3 Å². The van der Waals surface area contributed by atoms with Crippen LogP contribution in [-0.2, 0) is 48.0 Å². The molecule has 0 bridgehead atoms. The largest absolute Gasteiger partial charge is 0.778 e. The minimum atomic E-state index is -4.46. The molecule has 0 saturated heterocycles. The molecule has 1 atom stereocenters. The van der Waals surface area contributed by atoms with Crippen molar-refractivity contribution in [2.24, 2.45) is 10.4 Å². The maximum Gasteiger partial charge on any atom is 0.335 e. The number of halogens is 1. The highest BCUT2D eigenvalue weighted by Gasteiger charge is 2.32. The molecule has 2 aliphatic rings. The number of aromatic nitrogens is 5. The number of hydrogen-bond acceptors (Lipinski definition) is 18. The third-order valence-electron chi connectivity index (χ3n) is 8.23. The van der Waals surface area contributed by atoms with E-state index in [4.69, 9.17) is 30.6 Å². The molecule has 0 saturated carbocycles. The van der Waals surface area contributed by atoms with Crippen molar-refractivity contribution in [1.82, 2.24) is 38.8 Å². The van der Waals surface area contributed by atoms with Crippen LogP contribution < -0.4 is 44.2 Å². The van der Waals surface area contributed by atoms with Gasteiger partial charge in [-0.15, -0.1) is 6.42 Å². The van der Waals surface area contributed by atoms with Crippen LogP contribution in [0, 0.1) is 23.6 Å². The average molecular weight is 1030 g/mol. The molecule has 24 nitrogen and oxygen atoms in total. The average Bonchev–Trinajstić information content (AvgIpc) is 3.75. The molecule has 5 N–H and O–H groups in total. The van der Waals surface area contributed by atoms with Crippen LogP contribution in [0.5, 0.6) is 17.5 Å². The fourth-order valence-corrected chi connectivity index (χ4v) is 7.71. The van der Waals surface area contributed by atoms with E-state index in [0.29, 0.717) is 27.1 Å². The standard InChI is InChI=1S/C18H17FN4O2S.C15H18N6O6S.C3H8NO5P.C3H9S/c1-4-5-22-13-7-12(11(19)6-14(13)25-9-16(22)24)20-17-23-10-18(2,3)8-15(23)21-26-17;1-21(2)13(22)9-6-5-7-16-12(9)28(24,25)20-15(23)19-14-17-10(26-3)8-11(18-14)27-4;5-3(6)1-4-2-10(7,8)9;1-4(2)3/h1,6-7H,5,8-10H2,2-3H3;5-8H,1-4H3,(H2,17,18,19,20,23);4H,1-2H2,(H,5,6)(H2,7,8,9);1-3H3/q;;;+1/p-1. The van der Waals surface area contributed by atoms with Gasteiger partial charge in [-0.1, -0.05) is 19.8 Å². The molecule has 4 aromatic rings. The predicted molar refractivity (Wildman–Crippen MR) is 248 cm³/mol. The zero-order valence-electron chi connectivity index (χ0n) is 38.3. The van der Waals surface area contributed by atoms with Crippen LogP contribution in [-0.4, -0.2) is 144 Å². The molecule has 1 unspecified atom stereocenters. The van der Waals surface area contributed by atoms with E-state index < -0.39 is 59.2 Å². The van der Waals surface area contributed by atoms with Crippen LogP contribution in [0.2, 0.25) is 0 Å². The summed E-state index contributed by atoms with van der Waals surface area (Å²) < 4.78 is 73.0. The molecule has 1 aromatic carbocycles. The van der Waals surface area contributed by atoms with E-state index in [1.807, 2.05) is 9.88 Å². The zero-order valence-corrected chi connectivity index (χ0v) is 41.6. The van der Waals surface area contributed by atoms with E-state index >= 15 is 0 Å². The normalized spacial score (nSPS) is 14.3. The Hall–Kier alpha value is -6.21. The van der Waals surface area contributed by atoms with E-state index in [1.165, 1.54) is 86.2 Å². The molecular formula is C39H51FN11O13PS3. The smallest absolute Gasteiger partial charge is 0.335 e. The Labute approximate surface area is 398 Å². The summed E-state index contributed by atoms with van der Waals surface area (Å²) in [6.45, 7) is 4.57. The number of nitrogens with one attached hydrogen (secondary N) is 3. The van der Waals surface area contributed by atoms with Crippen molar-refractivity contribution in [1.29, 1.82) is 0 Å². The van der Waals surface area contributed by atoms with E-state index in [9.17, 15) is 41.4 Å². The van der Waals surface area contributed by atoms with E-state index in [1.54, 1.807) is 4.72 Å². The van der Waals surface area contributed by atoms with Crippen molar-refractivity contribution in [3.63, 3.8) is 0 Å². The first-order valence-electron chi connectivity index (χ1n) is 19.4. The number of carbonyl (C=O) groups excluding carboxylic acids is 3. The summed E-state index contributed by atoms with van der Waals surface area (Å²) >= 11 is 1.24. The van der Waals surface area contributed by atoms with Crippen molar-refractivity contribution in [3.05, 3.63) is 58.5 Å². The summed E-state index contributed by atoms with van der Waals surface area (Å²) in [4.78, 5) is 83.2. The highest BCUT2D eigenvalue weighted by atomic mass is 32.2. The maximum absolute atomic E-state index is 14.5. The summed E-state index contributed by atoms with van der Waals surface area (Å²) in [6.07, 6.45) is 13.3. The Morgan fingerprint density at radius 1 is 1.16 bits per heavy atom. The number of fused-ring (bicyclic) bond motifs is 2. The molecule has 0 radical (unpaired) electrons. The topological polar surface area (TPSA) is 322 Å². The second-order valence-corrected chi connectivity index (χ2v) is 21.8. The fraction of sp³-hybridized carbons (Fsp3) is 0.410. The lowest BCUT2D eigenvalue weighted by atomic mass is 9.92. The van der Waals surface area contributed by atoms with Gasteiger partial charge in [-0.05, 0) is 34.5 Å². The first-order chi connectivity index (χ1) is 31.7. The van der Waals surface area contributed by atoms with Crippen LogP contribution in [0.1, 0.15) is 30.0 Å². The van der Waals surface area contributed by atoms with Gasteiger partial charge in [-0.3, -0.25) is 29.9 Å². The van der Waals surface area contributed by atoms with Gasteiger partial charge in [0.1, 0.15) is 24.9 Å². The van der Waals surface area contributed by atoms with E-state index in [0.717, 1.165) is 18.8 Å². The molecule has 0 aliphatic carbocycles. The first-order valence-corrected chi connectivity index (χ1v) is 25.9. The van der Waals surface area contributed by atoms with Crippen LogP contribution in [0.25, 0.3) is 0 Å². The number of pyridine rings is 1. The second kappa shape index (κ2) is 24.7. The molecule has 3 aromatic heterocycles. The number of rotatable bonds is 12. The summed E-state index contributed by atoms with van der Waals surface area (Å²) in [5.74, 6) is 1.09. The third kappa shape index (κ3) is 17.1. The molecule has 0 fully saturated rings. The minimum absolute atomic E-state index is 0.0913.